The van der Waals surface area contributed by atoms with Gasteiger partial charge in [0.15, 0.2) is 0 Å². The fourth-order valence-electron chi connectivity index (χ4n) is 2.52. The molecule has 0 radical (unpaired) electrons. The largest absolute Gasteiger partial charge is 0.481 e. The summed E-state index contributed by atoms with van der Waals surface area (Å²) in [6.07, 6.45) is 2.09. The zero-order chi connectivity index (χ0) is 14.0. The van der Waals surface area contributed by atoms with Crippen LogP contribution in [0.4, 0.5) is 11.4 Å². The molecule has 0 aliphatic heterocycles. The maximum Gasteiger partial charge on any atom is 0.306 e. The van der Waals surface area contributed by atoms with Crippen molar-refractivity contribution in [2.75, 3.05) is 5.32 Å². The van der Waals surface area contributed by atoms with Crippen molar-refractivity contribution in [2.45, 2.75) is 32.2 Å². The Morgan fingerprint density at radius 1 is 1.47 bits per heavy atom. The average molecular weight is 264 g/mol. The second-order valence-corrected chi connectivity index (χ2v) is 4.95. The van der Waals surface area contributed by atoms with Crippen LogP contribution < -0.4 is 5.32 Å². The zero-order valence-corrected chi connectivity index (χ0v) is 10.6. The minimum absolute atomic E-state index is 0.0976. The molecule has 2 rings (SSSR count). The molecule has 1 fully saturated rings. The summed E-state index contributed by atoms with van der Waals surface area (Å²) in [5.41, 5.74) is 1.50. The number of nitrogens with one attached hydrogen (secondary N) is 1. The maximum absolute atomic E-state index is 10.9. The Morgan fingerprint density at radius 3 is 2.74 bits per heavy atom. The molecule has 1 saturated carbocycles. The summed E-state index contributed by atoms with van der Waals surface area (Å²) in [7, 11) is 0. The summed E-state index contributed by atoms with van der Waals surface area (Å²) in [5.74, 6) is -1.03. The highest BCUT2D eigenvalue weighted by molar-refractivity contribution is 5.70. The highest BCUT2D eigenvalue weighted by atomic mass is 16.6. The Morgan fingerprint density at radius 2 is 2.21 bits per heavy atom. The number of carboxylic acid groups (broad SMARTS) is 1. The van der Waals surface area contributed by atoms with Crippen molar-refractivity contribution in [2.24, 2.45) is 5.92 Å². The molecule has 0 amide bonds. The quantitative estimate of drug-likeness (QED) is 0.644. The number of aliphatic carboxylic acids is 1. The van der Waals surface area contributed by atoms with E-state index in [0.717, 1.165) is 12.1 Å². The zero-order valence-electron chi connectivity index (χ0n) is 10.6. The molecule has 2 atom stereocenters. The average Bonchev–Trinajstić information content (AvgIpc) is 2.77. The van der Waals surface area contributed by atoms with Gasteiger partial charge < -0.3 is 10.4 Å². The molecule has 2 N–H and O–H groups in total. The van der Waals surface area contributed by atoms with Crippen LogP contribution in [0.15, 0.2) is 18.2 Å². The van der Waals surface area contributed by atoms with Gasteiger partial charge in [-0.15, -0.1) is 0 Å². The van der Waals surface area contributed by atoms with Gasteiger partial charge in [0.1, 0.15) is 0 Å². The van der Waals surface area contributed by atoms with Crippen LogP contribution in [-0.4, -0.2) is 22.0 Å². The summed E-state index contributed by atoms with van der Waals surface area (Å²) in [6.45, 7) is 1.69. The van der Waals surface area contributed by atoms with Crippen LogP contribution in [0.2, 0.25) is 0 Å². The van der Waals surface area contributed by atoms with Gasteiger partial charge in [-0.3, -0.25) is 14.9 Å². The SMILES string of the molecule is Cc1cc(N[C@H]2CC[C@@H](C(=O)O)C2)ccc1[N+](=O)[O-]. The molecule has 0 unspecified atom stereocenters. The van der Waals surface area contributed by atoms with Crippen molar-refractivity contribution in [3.05, 3.63) is 33.9 Å². The smallest absolute Gasteiger partial charge is 0.306 e. The van der Waals surface area contributed by atoms with Crippen LogP contribution in [0, 0.1) is 23.0 Å². The molecule has 1 aromatic carbocycles. The van der Waals surface area contributed by atoms with Crippen molar-refractivity contribution in [3.8, 4) is 0 Å². The van der Waals surface area contributed by atoms with Gasteiger partial charge in [0.05, 0.1) is 10.8 Å². The van der Waals surface area contributed by atoms with E-state index in [1.165, 1.54) is 6.07 Å². The molecule has 6 heteroatoms. The Hall–Kier alpha value is -2.11. The van der Waals surface area contributed by atoms with E-state index in [0.29, 0.717) is 18.4 Å². The Kier molecular flexibility index (Phi) is 3.69. The highest BCUT2D eigenvalue weighted by Crippen LogP contribution is 2.29. The van der Waals surface area contributed by atoms with E-state index >= 15 is 0 Å². The number of aryl methyl sites for hydroxylation is 1. The number of rotatable bonds is 4. The Balaban J connectivity index is 2.03. The lowest BCUT2D eigenvalue weighted by Crippen LogP contribution is -2.17. The molecule has 0 spiro atoms. The van der Waals surface area contributed by atoms with Crippen molar-refractivity contribution in [1.29, 1.82) is 0 Å². The molecular weight excluding hydrogens is 248 g/mol. The number of nitro groups is 1. The van der Waals surface area contributed by atoms with E-state index in [2.05, 4.69) is 5.32 Å². The second-order valence-electron chi connectivity index (χ2n) is 4.95. The molecule has 1 aliphatic rings. The first-order chi connectivity index (χ1) is 8.97. The van der Waals surface area contributed by atoms with Crippen LogP contribution >= 0.6 is 0 Å². The monoisotopic (exact) mass is 264 g/mol. The predicted molar refractivity (Wildman–Crippen MR) is 70.2 cm³/mol. The molecule has 0 bridgehead atoms. The molecule has 19 heavy (non-hydrogen) atoms. The topological polar surface area (TPSA) is 92.5 Å². The summed E-state index contributed by atoms with van der Waals surface area (Å²) in [4.78, 5) is 21.2. The van der Waals surface area contributed by atoms with E-state index in [1.807, 2.05) is 0 Å². The molecule has 1 aromatic rings. The van der Waals surface area contributed by atoms with E-state index in [-0.39, 0.29) is 17.6 Å². The van der Waals surface area contributed by atoms with Crippen LogP contribution in [0.25, 0.3) is 0 Å². The van der Waals surface area contributed by atoms with Gasteiger partial charge in [0, 0.05) is 23.4 Å². The van der Waals surface area contributed by atoms with E-state index in [4.69, 9.17) is 5.11 Å². The van der Waals surface area contributed by atoms with Crippen LogP contribution in [0.3, 0.4) is 0 Å². The lowest BCUT2D eigenvalue weighted by Gasteiger charge is -2.14. The molecule has 0 heterocycles. The third kappa shape index (κ3) is 3.01. The molecule has 0 saturated heterocycles. The molecule has 102 valence electrons. The van der Waals surface area contributed by atoms with Crippen molar-refractivity contribution in [1.82, 2.24) is 0 Å². The first kappa shape index (κ1) is 13.3. The first-order valence-corrected chi connectivity index (χ1v) is 6.21. The van der Waals surface area contributed by atoms with Crippen molar-refractivity contribution < 1.29 is 14.8 Å². The number of hydrogen-bond acceptors (Lipinski definition) is 4. The van der Waals surface area contributed by atoms with E-state index in [1.54, 1.807) is 19.1 Å². The Labute approximate surface area is 110 Å². The number of benzene rings is 1. The minimum Gasteiger partial charge on any atom is -0.481 e. The normalized spacial score (nSPS) is 22.2. The van der Waals surface area contributed by atoms with Gasteiger partial charge in [-0.05, 0) is 38.3 Å². The van der Waals surface area contributed by atoms with Gasteiger partial charge >= 0.3 is 5.97 Å². The standard InChI is InChI=1S/C13H16N2O4/c1-8-6-10(4-5-12(8)15(18)19)14-11-3-2-9(7-11)13(16)17/h4-6,9,11,14H,2-3,7H2,1H3,(H,16,17)/t9-,11+/m1/s1. The highest BCUT2D eigenvalue weighted by Gasteiger charge is 2.29. The van der Waals surface area contributed by atoms with E-state index in [9.17, 15) is 14.9 Å². The van der Waals surface area contributed by atoms with Gasteiger partial charge in [-0.25, -0.2) is 0 Å². The van der Waals surface area contributed by atoms with Crippen LogP contribution in [0.5, 0.6) is 0 Å². The summed E-state index contributed by atoms with van der Waals surface area (Å²) in [5, 5.41) is 22.9. The molecule has 0 aromatic heterocycles. The van der Waals surface area contributed by atoms with Gasteiger partial charge in [-0.1, -0.05) is 0 Å². The third-order valence-electron chi connectivity index (χ3n) is 3.55. The molecule has 1 aliphatic carbocycles. The number of hydrogen-bond donors (Lipinski definition) is 2. The third-order valence-corrected chi connectivity index (χ3v) is 3.55. The summed E-state index contributed by atoms with van der Waals surface area (Å²) in [6, 6.07) is 4.99. The lowest BCUT2D eigenvalue weighted by atomic mass is 10.1. The van der Waals surface area contributed by atoms with Gasteiger partial charge in [0.25, 0.3) is 5.69 Å². The van der Waals surface area contributed by atoms with Gasteiger partial charge in [-0.2, -0.15) is 0 Å². The lowest BCUT2D eigenvalue weighted by molar-refractivity contribution is -0.385. The van der Waals surface area contributed by atoms with Crippen LogP contribution in [0.1, 0.15) is 24.8 Å². The maximum atomic E-state index is 10.9. The first-order valence-electron chi connectivity index (χ1n) is 6.21. The number of carbonyl (C=O) groups is 1. The number of nitrogens with zero attached hydrogens (tertiary/aromatic N) is 1. The van der Waals surface area contributed by atoms with E-state index < -0.39 is 10.9 Å². The van der Waals surface area contributed by atoms with Gasteiger partial charge in [0.2, 0.25) is 0 Å². The number of nitro benzene ring substituents is 1. The summed E-state index contributed by atoms with van der Waals surface area (Å²) < 4.78 is 0. The fraction of sp³-hybridized carbons (Fsp3) is 0.462. The predicted octanol–water partition coefficient (Wildman–Crippen LogP) is 2.57. The molecule has 6 nitrogen and oxygen atoms in total. The number of anilines is 1. The Bertz CT molecular complexity index is 515. The number of carboxylic acids is 1. The summed E-state index contributed by atoms with van der Waals surface area (Å²) >= 11 is 0. The van der Waals surface area contributed by atoms with Crippen molar-refractivity contribution >= 4 is 17.3 Å². The second kappa shape index (κ2) is 5.26. The fourth-order valence-corrected chi connectivity index (χ4v) is 2.52. The molecular formula is C13H16N2O4. The van der Waals surface area contributed by atoms with Crippen molar-refractivity contribution in [3.63, 3.8) is 0 Å². The minimum atomic E-state index is -0.746. The van der Waals surface area contributed by atoms with Crippen LogP contribution in [-0.2, 0) is 4.79 Å².